The monoisotopic (exact) mass is 296 g/mol. The fourth-order valence-electron chi connectivity index (χ4n) is 2.38. The fourth-order valence-corrected chi connectivity index (χ4v) is 2.58. The van der Waals surface area contributed by atoms with Gasteiger partial charge < -0.3 is 16.0 Å². The molecule has 0 spiro atoms. The van der Waals surface area contributed by atoms with E-state index in [1.807, 2.05) is 0 Å². The number of piperidine rings is 1. The zero-order chi connectivity index (χ0) is 14.5. The lowest BCUT2D eigenvalue weighted by Crippen LogP contribution is -2.44. The molecule has 0 saturated carbocycles. The normalized spacial score (nSPS) is 18.6. The fraction of sp³-hybridized carbons (Fsp3) is 0.462. The third-order valence-corrected chi connectivity index (χ3v) is 3.66. The van der Waals surface area contributed by atoms with Crippen LogP contribution in [0.1, 0.15) is 23.2 Å². The number of hydrogen-bond acceptors (Lipinski definition) is 3. The van der Waals surface area contributed by atoms with Crippen LogP contribution in [-0.4, -0.2) is 41.5 Å². The second-order valence-electron chi connectivity index (χ2n) is 4.85. The van der Waals surface area contributed by atoms with Crippen LogP contribution in [0.2, 0.25) is 5.15 Å². The molecule has 6 nitrogen and oxygen atoms in total. The van der Waals surface area contributed by atoms with Crippen LogP contribution in [0.5, 0.6) is 0 Å². The van der Waals surface area contributed by atoms with Crippen LogP contribution in [0.3, 0.4) is 0 Å². The van der Waals surface area contributed by atoms with E-state index in [1.165, 1.54) is 0 Å². The molecule has 1 saturated heterocycles. The van der Waals surface area contributed by atoms with Crippen LogP contribution in [-0.2, 0) is 0 Å². The van der Waals surface area contributed by atoms with Crippen molar-refractivity contribution in [3.63, 3.8) is 0 Å². The number of rotatable bonds is 3. The van der Waals surface area contributed by atoms with Crippen LogP contribution in [0, 0.1) is 5.92 Å². The number of likely N-dealkylation sites (tertiary alicyclic amines) is 1. The van der Waals surface area contributed by atoms with E-state index in [0.717, 1.165) is 12.8 Å². The van der Waals surface area contributed by atoms with Gasteiger partial charge in [-0.1, -0.05) is 11.6 Å². The molecule has 2 rings (SSSR count). The Morgan fingerprint density at radius 1 is 1.55 bits per heavy atom. The Balaban J connectivity index is 2.00. The van der Waals surface area contributed by atoms with Crippen LogP contribution in [0.15, 0.2) is 18.3 Å². The van der Waals surface area contributed by atoms with Gasteiger partial charge in [-0.2, -0.15) is 0 Å². The average molecular weight is 297 g/mol. The first-order valence-electron chi connectivity index (χ1n) is 6.51. The molecule has 1 unspecified atom stereocenters. The molecule has 2 heterocycles. The van der Waals surface area contributed by atoms with E-state index in [0.29, 0.717) is 25.2 Å². The van der Waals surface area contributed by atoms with Gasteiger partial charge in [-0.15, -0.1) is 0 Å². The Kier molecular flexibility index (Phi) is 4.79. The molecule has 1 aromatic rings. The molecule has 1 aliphatic rings. The van der Waals surface area contributed by atoms with Crippen molar-refractivity contribution in [2.75, 3.05) is 19.6 Å². The first-order chi connectivity index (χ1) is 9.58. The molecule has 20 heavy (non-hydrogen) atoms. The van der Waals surface area contributed by atoms with E-state index < -0.39 is 6.03 Å². The third kappa shape index (κ3) is 3.60. The molecule has 1 atom stereocenters. The average Bonchev–Trinajstić information content (AvgIpc) is 2.45. The minimum atomic E-state index is -0.538. The summed E-state index contributed by atoms with van der Waals surface area (Å²) in [5.41, 5.74) is 5.47. The number of nitrogens with one attached hydrogen (secondary N) is 1. The second-order valence-corrected chi connectivity index (χ2v) is 5.20. The third-order valence-electron chi connectivity index (χ3n) is 3.36. The summed E-state index contributed by atoms with van der Waals surface area (Å²) in [6.45, 7) is 1.77. The van der Waals surface area contributed by atoms with Crippen molar-refractivity contribution in [2.45, 2.75) is 12.8 Å². The van der Waals surface area contributed by atoms with Crippen molar-refractivity contribution in [1.29, 1.82) is 0 Å². The van der Waals surface area contributed by atoms with Crippen molar-refractivity contribution in [1.82, 2.24) is 15.2 Å². The molecule has 3 amide bonds. The highest BCUT2D eigenvalue weighted by molar-refractivity contribution is 6.32. The van der Waals surface area contributed by atoms with Gasteiger partial charge in [-0.05, 0) is 30.9 Å². The summed E-state index contributed by atoms with van der Waals surface area (Å²) in [6, 6.07) is 2.82. The molecule has 7 heteroatoms. The molecule has 1 fully saturated rings. The largest absolute Gasteiger partial charge is 0.352 e. The summed E-state index contributed by atoms with van der Waals surface area (Å²) < 4.78 is 0. The first kappa shape index (κ1) is 14.6. The van der Waals surface area contributed by atoms with Gasteiger partial charge in [-0.3, -0.25) is 4.79 Å². The van der Waals surface area contributed by atoms with Gasteiger partial charge in [0.15, 0.2) is 0 Å². The molecule has 1 aliphatic heterocycles. The van der Waals surface area contributed by atoms with Gasteiger partial charge in [-0.25, -0.2) is 9.78 Å². The predicted molar refractivity (Wildman–Crippen MR) is 75.5 cm³/mol. The smallest absolute Gasteiger partial charge is 0.312 e. The maximum Gasteiger partial charge on any atom is 0.312 e. The summed E-state index contributed by atoms with van der Waals surface area (Å²) in [6.07, 6.45) is 3.41. The maximum atomic E-state index is 12.4. The van der Waals surface area contributed by atoms with Crippen LogP contribution in [0.4, 0.5) is 4.79 Å². The van der Waals surface area contributed by atoms with Gasteiger partial charge in [0.05, 0.1) is 5.56 Å². The summed E-state index contributed by atoms with van der Waals surface area (Å²) >= 11 is 5.95. The molecule has 0 aromatic carbocycles. The lowest BCUT2D eigenvalue weighted by Gasteiger charge is -2.32. The van der Waals surface area contributed by atoms with Crippen molar-refractivity contribution < 1.29 is 9.59 Å². The molecular weight excluding hydrogens is 280 g/mol. The topological polar surface area (TPSA) is 88.3 Å². The van der Waals surface area contributed by atoms with E-state index in [9.17, 15) is 9.59 Å². The molecule has 0 radical (unpaired) electrons. The highest BCUT2D eigenvalue weighted by Crippen LogP contribution is 2.20. The van der Waals surface area contributed by atoms with E-state index >= 15 is 0 Å². The number of halogens is 1. The van der Waals surface area contributed by atoms with Crippen molar-refractivity contribution >= 4 is 23.5 Å². The molecule has 3 N–H and O–H groups in total. The quantitative estimate of drug-likeness (QED) is 0.823. The number of pyridine rings is 1. The molecule has 1 aromatic heterocycles. The maximum absolute atomic E-state index is 12.4. The van der Waals surface area contributed by atoms with Gasteiger partial charge >= 0.3 is 6.03 Å². The van der Waals surface area contributed by atoms with Gasteiger partial charge in [0, 0.05) is 25.8 Å². The second kappa shape index (κ2) is 6.56. The standard InChI is InChI=1S/C13H17ClN4O2/c14-11-10(4-1-5-16-11)12(19)18-6-2-3-9(8-18)7-17-13(15)20/h1,4-5,9H,2-3,6-8H2,(H3,15,17,20). The molecule has 108 valence electrons. The summed E-state index contributed by atoms with van der Waals surface area (Å²) in [5, 5.41) is 2.81. The van der Waals surface area contributed by atoms with Crippen LogP contribution < -0.4 is 11.1 Å². The lowest BCUT2D eigenvalue weighted by atomic mass is 9.97. The van der Waals surface area contributed by atoms with Crippen molar-refractivity contribution in [2.24, 2.45) is 11.7 Å². The minimum Gasteiger partial charge on any atom is -0.352 e. The lowest BCUT2D eigenvalue weighted by molar-refractivity contribution is 0.0675. The summed E-state index contributed by atoms with van der Waals surface area (Å²) in [5.74, 6) is 0.0996. The minimum absolute atomic E-state index is 0.119. The Morgan fingerprint density at radius 3 is 3.05 bits per heavy atom. The highest BCUT2D eigenvalue weighted by Gasteiger charge is 2.25. The Morgan fingerprint density at radius 2 is 2.35 bits per heavy atom. The number of primary amides is 1. The molecule has 0 aliphatic carbocycles. The van der Waals surface area contributed by atoms with Crippen LogP contribution in [0.25, 0.3) is 0 Å². The number of urea groups is 1. The Hall–Kier alpha value is -1.82. The zero-order valence-electron chi connectivity index (χ0n) is 11.0. The highest BCUT2D eigenvalue weighted by atomic mass is 35.5. The number of hydrogen-bond donors (Lipinski definition) is 2. The Bertz CT molecular complexity index is 509. The van der Waals surface area contributed by atoms with E-state index in [2.05, 4.69) is 10.3 Å². The van der Waals surface area contributed by atoms with Gasteiger partial charge in [0.2, 0.25) is 0 Å². The number of amides is 3. The Labute approximate surface area is 122 Å². The molecular formula is C13H17ClN4O2. The SMILES string of the molecule is NC(=O)NCC1CCCN(C(=O)c2cccnc2Cl)C1. The van der Waals surface area contributed by atoms with Gasteiger partial charge in [0.1, 0.15) is 5.15 Å². The van der Waals surface area contributed by atoms with Crippen LogP contribution >= 0.6 is 11.6 Å². The van der Waals surface area contributed by atoms with Gasteiger partial charge in [0.25, 0.3) is 5.91 Å². The van der Waals surface area contributed by atoms with E-state index in [4.69, 9.17) is 17.3 Å². The predicted octanol–water partition coefficient (Wildman–Crippen LogP) is 1.26. The number of carbonyl (C=O) groups excluding carboxylic acids is 2. The van der Waals surface area contributed by atoms with E-state index in [1.54, 1.807) is 23.2 Å². The summed E-state index contributed by atoms with van der Waals surface area (Å²) in [7, 11) is 0. The van der Waals surface area contributed by atoms with E-state index in [-0.39, 0.29) is 17.0 Å². The van der Waals surface area contributed by atoms with Crippen molar-refractivity contribution in [3.8, 4) is 0 Å². The first-order valence-corrected chi connectivity index (χ1v) is 6.89. The number of nitrogens with two attached hydrogens (primary N) is 1. The zero-order valence-corrected chi connectivity index (χ0v) is 11.8. The number of nitrogens with zero attached hydrogens (tertiary/aromatic N) is 2. The number of aromatic nitrogens is 1. The van der Waals surface area contributed by atoms with Crippen molar-refractivity contribution in [3.05, 3.63) is 29.0 Å². The molecule has 0 bridgehead atoms. The number of carbonyl (C=O) groups is 2. The summed E-state index contributed by atoms with van der Waals surface area (Å²) in [4.78, 5) is 28.8.